The van der Waals surface area contributed by atoms with Gasteiger partial charge >= 0.3 is 5.97 Å². The van der Waals surface area contributed by atoms with E-state index in [0.29, 0.717) is 0 Å². The molecule has 19 heavy (non-hydrogen) atoms. The van der Waals surface area contributed by atoms with E-state index in [-0.39, 0.29) is 19.1 Å². The second-order valence-electron chi connectivity index (χ2n) is 4.05. The van der Waals surface area contributed by atoms with Crippen LogP contribution in [0.2, 0.25) is 0 Å². The second kappa shape index (κ2) is 5.51. The SMILES string of the molecule is CCn1nc(C)cc1COC(=O)Cn1cnc(N)n1. The van der Waals surface area contributed by atoms with Gasteiger partial charge in [-0.3, -0.25) is 9.48 Å². The van der Waals surface area contributed by atoms with E-state index in [1.54, 1.807) is 4.68 Å². The summed E-state index contributed by atoms with van der Waals surface area (Å²) in [4.78, 5) is 15.3. The Kier molecular flexibility index (Phi) is 3.79. The van der Waals surface area contributed by atoms with Crippen molar-refractivity contribution in [2.24, 2.45) is 0 Å². The van der Waals surface area contributed by atoms with E-state index in [2.05, 4.69) is 15.2 Å². The first kappa shape index (κ1) is 13.1. The van der Waals surface area contributed by atoms with Gasteiger partial charge in [0.15, 0.2) is 0 Å². The quantitative estimate of drug-likeness (QED) is 0.770. The number of rotatable bonds is 5. The van der Waals surface area contributed by atoms with Crippen LogP contribution < -0.4 is 5.73 Å². The van der Waals surface area contributed by atoms with Crippen LogP contribution in [0.5, 0.6) is 0 Å². The highest BCUT2D eigenvalue weighted by molar-refractivity contribution is 5.69. The zero-order valence-corrected chi connectivity index (χ0v) is 10.9. The Hall–Kier alpha value is -2.38. The summed E-state index contributed by atoms with van der Waals surface area (Å²) in [7, 11) is 0. The van der Waals surface area contributed by atoms with Crippen LogP contribution in [0.25, 0.3) is 0 Å². The maximum Gasteiger partial charge on any atom is 0.328 e. The van der Waals surface area contributed by atoms with E-state index in [1.165, 1.54) is 11.0 Å². The van der Waals surface area contributed by atoms with Crippen LogP contribution in [-0.4, -0.2) is 30.5 Å². The van der Waals surface area contributed by atoms with Gasteiger partial charge in [-0.15, -0.1) is 5.10 Å². The maximum atomic E-state index is 11.6. The van der Waals surface area contributed by atoms with Gasteiger partial charge in [0.05, 0.1) is 11.4 Å². The Labute approximate surface area is 110 Å². The van der Waals surface area contributed by atoms with Crippen molar-refractivity contribution >= 4 is 11.9 Å². The first-order valence-corrected chi connectivity index (χ1v) is 5.92. The third-order valence-electron chi connectivity index (χ3n) is 2.51. The number of hydrogen-bond acceptors (Lipinski definition) is 6. The van der Waals surface area contributed by atoms with Crippen LogP contribution >= 0.6 is 0 Å². The first-order valence-electron chi connectivity index (χ1n) is 5.92. The summed E-state index contributed by atoms with van der Waals surface area (Å²) in [6, 6.07) is 1.89. The van der Waals surface area contributed by atoms with Crippen molar-refractivity contribution in [2.75, 3.05) is 5.73 Å². The molecule has 0 saturated carbocycles. The van der Waals surface area contributed by atoms with Crippen LogP contribution in [0.4, 0.5) is 5.95 Å². The standard InChI is InChI=1S/C11H16N6O2/c1-3-17-9(4-8(2)14-17)6-19-10(18)5-16-7-13-11(12)15-16/h4,7H,3,5-6H2,1-2H3,(H2,12,15). The number of hydrogen-bond donors (Lipinski definition) is 1. The summed E-state index contributed by atoms with van der Waals surface area (Å²) in [6.45, 7) is 4.80. The minimum atomic E-state index is -0.397. The van der Waals surface area contributed by atoms with E-state index in [0.717, 1.165) is 17.9 Å². The molecule has 102 valence electrons. The lowest BCUT2D eigenvalue weighted by Crippen LogP contribution is -2.15. The van der Waals surface area contributed by atoms with Crippen molar-refractivity contribution in [3.8, 4) is 0 Å². The van der Waals surface area contributed by atoms with Crippen LogP contribution in [-0.2, 0) is 29.2 Å². The minimum absolute atomic E-state index is 0.0105. The molecule has 0 atom stereocenters. The van der Waals surface area contributed by atoms with Gasteiger partial charge < -0.3 is 10.5 Å². The number of carbonyl (C=O) groups is 1. The molecule has 8 nitrogen and oxygen atoms in total. The lowest BCUT2D eigenvalue weighted by Gasteiger charge is -2.06. The molecule has 2 aromatic rings. The van der Waals surface area contributed by atoms with E-state index in [9.17, 15) is 4.79 Å². The molecule has 2 heterocycles. The summed E-state index contributed by atoms with van der Waals surface area (Å²) in [6.07, 6.45) is 1.39. The fourth-order valence-corrected chi connectivity index (χ4v) is 1.71. The molecule has 0 bridgehead atoms. The topological polar surface area (TPSA) is 101 Å². The molecule has 2 rings (SSSR count). The van der Waals surface area contributed by atoms with Gasteiger partial charge in [0.1, 0.15) is 19.5 Å². The van der Waals surface area contributed by atoms with E-state index >= 15 is 0 Å². The Balaban J connectivity index is 1.89. The predicted octanol–water partition coefficient (Wildman–Crippen LogP) is 0.129. The van der Waals surface area contributed by atoms with Gasteiger partial charge in [-0.1, -0.05) is 0 Å². The average Bonchev–Trinajstić information content (AvgIpc) is 2.92. The number of carbonyl (C=O) groups excluding carboxylic acids is 1. The van der Waals surface area contributed by atoms with Crippen molar-refractivity contribution in [3.05, 3.63) is 23.8 Å². The Morgan fingerprint density at radius 3 is 2.89 bits per heavy atom. The molecule has 0 fully saturated rings. The zero-order chi connectivity index (χ0) is 13.8. The fraction of sp³-hybridized carbons (Fsp3) is 0.455. The molecule has 0 aromatic carbocycles. The third-order valence-corrected chi connectivity index (χ3v) is 2.51. The molecule has 8 heteroatoms. The van der Waals surface area contributed by atoms with Crippen molar-refractivity contribution in [2.45, 2.75) is 33.5 Å². The molecule has 0 unspecified atom stereocenters. The van der Waals surface area contributed by atoms with Gasteiger partial charge in [0.25, 0.3) is 0 Å². The Morgan fingerprint density at radius 1 is 1.47 bits per heavy atom. The van der Waals surface area contributed by atoms with Gasteiger partial charge in [-0.05, 0) is 19.9 Å². The average molecular weight is 264 g/mol. The molecule has 0 aliphatic heterocycles. The van der Waals surface area contributed by atoms with E-state index in [1.807, 2.05) is 19.9 Å². The van der Waals surface area contributed by atoms with Gasteiger partial charge in [-0.25, -0.2) is 9.67 Å². The van der Waals surface area contributed by atoms with Gasteiger partial charge in [-0.2, -0.15) is 5.10 Å². The number of nitrogen functional groups attached to an aromatic ring is 1. The molecule has 0 amide bonds. The molecular weight excluding hydrogens is 248 g/mol. The Bertz CT molecular complexity index is 574. The molecule has 2 N–H and O–H groups in total. The molecule has 2 aromatic heterocycles. The zero-order valence-electron chi connectivity index (χ0n) is 10.9. The largest absolute Gasteiger partial charge is 0.458 e. The number of aryl methyl sites for hydroxylation is 2. The van der Waals surface area contributed by atoms with E-state index in [4.69, 9.17) is 10.5 Å². The third kappa shape index (κ3) is 3.30. The summed E-state index contributed by atoms with van der Waals surface area (Å²) in [5.41, 5.74) is 7.12. The Morgan fingerprint density at radius 2 is 2.26 bits per heavy atom. The molecule has 0 aliphatic rings. The number of anilines is 1. The van der Waals surface area contributed by atoms with Crippen LogP contribution in [0.3, 0.4) is 0 Å². The van der Waals surface area contributed by atoms with Crippen LogP contribution in [0.15, 0.2) is 12.4 Å². The van der Waals surface area contributed by atoms with Crippen molar-refractivity contribution in [3.63, 3.8) is 0 Å². The molecular formula is C11H16N6O2. The highest BCUT2D eigenvalue weighted by Crippen LogP contribution is 2.05. The number of esters is 1. The highest BCUT2D eigenvalue weighted by atomic mass is 16.5. The molecule has 0 spiro atoms. The number of aromatic nitrogens is 5. The van der Waals surface area contributed by atoms with Crippen molar-refractivity contribution in [1.82, 2.24) is 24.5 Å². The summed E-state index contributed by atoms with van der Waals surface area (Å²) < 4.78 is 8.30. The summed E-state index contributed by atoms with van der Waals surface area (Å²) in [5, 5.41) is 8.08. The summed E-state index contributed by atoms with van der Waals surface area (Å²) >= 11 is 0. The number of nitrogens with two attached hydrogens (primary N) is 1. The van der Waals surface area contributed by atoms with Gasteiger partial charge in [0, 0.05) is 6.54 Å². The lowest BCUT2D eigenvalue weighted by molar-refractivity contribution is -0.146. The molecule has 0 aliphatic carbocycles. The van der Waals surface area contributed by atoms with E-state index < -0.39 is 5.97 Å². The predicted molar refractivity (Wildman–Crippen MR) is 66.9 cm³/mol. The molecule has 0 radical (unpaired) electrons. The number of nitrogens with zero attached hydrogens (tertiary/aromatic N) is 5. The number of ether oxygens (including phenoxy) is 1. The highest BCUT2D eigenvalue weighted by Gasteiger charge is 2.09. The molecule has 0 saturated heterocycles. The van der Waals surface area contributed by atoms with Crippen LogP contribution in [0, 0.1) is 6.92 Å². The minimum Gasteiger partial charge on any atom is -0.458 e. The van der Waals surface area contributed by atoms with Crippen molar-refractivity contribution < 1.29 is 9.53 Å². The smallest absolute Gasteiger partial charge is 0.328 e. The van der Waals surface area contributed by atoms with Crippen molar-refractivity contribution in [1.29, 1.82) is 0 Å². The maximum absolute atomic E-state index is 11.6. The monoisotopic (exact) mass is 264 g/mol. The lowest BCUT2D eigenvalue weighted by atomic mass is 10.4. The summed E-state index contributed by atoms with van der Waals surface area (Å²) in [5.74, 6) is -0.265. The normalized spacial score (nSPS) is 10.6. The van der Waals surface area contributed by atoms with Crippen LogP contribution in [0.1, 0.15) is 18.3 Å². The second-order valence-corrected chi connectivity index (χ2v) is 4.05. The first-order chi connectivity index (χ1) is 9.08. The fourth-order valence-electron chi connectivity index (χ4n) is 1.71. The van der Waals surface area contributed by atoms with Gasteiger partial charge in [0.2, 0.25) is 5.95 Å².